The molecule has 1 aromatic heterocycles. The van der Waals surface area contributed by atoms with Gasteiger partial charge in [-0.15, -0.1) is 0 Å². The molecule has 1 aromatic carbocycles. The van der Waals surface area contributed by atoms with Gasteiger partial charge >= 0.3 is 0 Å². The maximum atomic E-state index is 11.8. The molecule has 3 rings (SSSR count). The zero-order chi connectivity index (χ0) is 14.7. The van der Waals surface area contributed by atoms with E-state index in [9.17, 15) is 4.79 Å². The Morgan fingerprint density at radius 1 is 1.24 bits per heavy atom. The molecule has 1 fully saturated rings. The summed E-state index contributed by atoms with van der Waals surface area (Å²) in [6, 6.07) is 7.92. The van der Waals surface area contributed by atoms with E-state index in [0.29, 0.717) is 29.1 Å². The van der Waals surface area contributed by atoms with Crippen LogP contribution >= 0.6 is 11.6 Å². The molecule has 108 valence electrons. The monoisotopic (exact) mass is 302 g/mol. The van der Waals surface area contributed by atoms with E-state index in [0.717, 1.165) is 18.4 Å². The number of rotatable bonds is 5. The highest BCUT2D eigenvalue weighted by Crippen LogP contribution is 2.19. The van der Waals surface area contributed by atoms with Crippen molar-refractivity contribution in [3.05, 3.63) is 52.9 Å². The van der Waals surface area contributed by atoms with E-state index in [4.69, 9.17) is 11.6 Å². The molecule has 0 atom stereocenters. The van der Waals surface area contributed by atoms with Crippen molar-refractivity contribution in [3.8, 4) is 0 Å². The van der Waals surface area contributed by atoms with Gasteiger partial charge in [-0.2, -0.15) is 0 Å². The lowest BCUT2D eigenvalue weighted by molar-refractivity contribution is 0.0945. The number of nitrogens with zero attached hydrogens (tertiary/aromatic N) is 2. The fourth-order valence-electron chi connectivity index (χ4n) is 1.85. The summed E-state index contributed by atoms with van der Waals surface area (Å²) in [4.78, 5) is 20.1. The fraction of sp³-hybridized carbons (Fsp3) is 0.267. The molecular formula is C15H15ClN4O. The molecule has 1 aliphatic carbocycles. The second-order valence-electron chi connectivity index (χ2n) is 4.98. The molecular weight excluding hydrogens is 288 g/mol. The maximum absolute atomic E-state index is 11.8. The number of carbonyl (C=O) groups is 1. The molecule has 2 N–H and O–H groups in total. The standard InChI is InChI=1S/C15H15ClN4O/c16-12-4-2-1-3-10(12)7-18-14-9-17-13(8-19-14)15(21)20-11-5-6-11/h1-4,8-9,11H,5-7H2,(H,18,19)(H,20,21). The van der Waals surface area contributed by atoms with E-state index in [2.05, 4.69) is 20.6 Å². The number of aromatic nitrogens is 2. The number of benzene rings is 1. The van der Waals surface area contributed by atoms with Crippen molar-refractivity contribution in [1.29, 1.82) is 0 Å². The minimum absolute atomic E-state index is 0.164. The SMILES string of the molecule is O=C(NC1CC1)c1cnc(NCc2ccccc2Cl)cn1. The molecule has 1 heterocycles. The second kappa shape index (κ2) is 6.10. The van der Waals surface area contributed by atoms with Gasteiger partial charge in [0, 0.05) is 17.6 Å². The first kappa shape index (κ1) is 13.8. The van der Waals surface area contributed by atoms with E-state index in [1.54, 1.807) is 6.20 Å². The van der Waals surface area contributed by atoms with Gasteiger partial charge in [0.1, 0.15) is 11.5 Å². The molecule has 1 amide bonds. The number of nitrogens with one attached hydrogen (secondary N) is 2. The van der Waals surface area contributed by atoms with Gasteiger partial charge in [-0.05, 0) is 24.5 Å². The van der Waals surface area contributed by atoms with Crippen LogP contribution in [-0.4, -0.2) is 21.9 Å². The number of amides is 1. The summed E-state index contributed by atoms with van der Waals surface area (Å²) in [6.07, 6.45) is 5.14. The molecule has 0 saturated heterocycles. The van der Waals surface area contributed by atoms with Gasteiger partial charge in [-0.25, -0.2) is 9.97 Å². The topological polar surface area (TPSA) is 66.9 Å². The molecule has 0 unspecified atom stereocenters. The van der Waals surface area contributed by atoms with Crippen LogP contribution in [0.15, 0.2) is 36.7 Å². The van der Waals surface area contributed by atoms with Gasteiger partial charge in [0.05, 0.1) is 12.4 Å². The Morgan fingerprint density at radius 3 is 2.71 bits per heavy atom. The second-order valence-corrected chi connectivity index (χ2v) is 5.39. The summed E-state index contributed by atoms with van der Waals surface area (Å²) in [7, 11) is 0. The quantitative estimate of drug-likeness (QED) is 0.891. The highest BCUT2D eigenvalue weighted by Gasteiger charge is 2.24. The molecule has 6 heteroatoms. The van der Waals surface area contributed by atoms with Gasteiger partial charge in [0.2, 0.25) is 0 Å². The molecule has 1 aliphatic rings. The summed E-state index contributed by atoms with van der Waals surface area (Å²) >= 11 is 6.08. The fourth-order valence-corrected chi connectivity index (χ4v) is 2.05. The summed E-state index contributed by atoms with van der Waals surface area (Å²) in [5.41, 5.74) is 1.32. The molecule has 0 aliphatic heterocycles. The Morgan fingerprint density at radius 2 is 2.05 bits per heavy atom. The Kier molecular flexibility index (Phi) is 4.01. The van der Waals surface area contributed by atoms with Crippen LogP contribution in [0.1, 0.15) is 28.9 Å². The average molecular weight is 303 g/mol. The number of halogens is 1. The van der Waals surface area contributed by atoms with Crippen molar-refractivity contribution in [2.45, 2.75) is 25.4 Å². The van der Waals surface area contributed by atoms with Crippen LogP contribution < -0.4 is 10.6 Å². The van der Waals surface area contributed by atoms with Gasteiger partial charge in [-0.1, -0.05) is 29.8 Å². The number of anilines is 1. The number of hydrogen-bond donors (Lipinski definition) is 2. The van der Waals surface area contributed by atoms with Crippen molar-refractivity contribution in [3.63, 3.8) is 0 Å². The molecule has 5 nitrogen and oxygen atoms in total. The van der Waals surface area contributed by atoms with Crippen molar-refractivity contribution in [2.75, 3.05) is 5.32 Å². The van der Waals surface area contributed by atoms with Gasteiger partial charge in [-0.3, -0.25) is 4.79 Å². The van der Waals surface area contributed by atoms with E-state index < -0.39 is 0 Å². The van der Waals surface area contributed by atoms with Crippen LogP contribution in [-0.2, 0) is 6.54 Å². The summed E-state index contributed by atoms with van der Waals surface area (Å²) in [6.45, 7) is 0.558. The first-order chi connectivity index (χ1) is 10.2. The largest absolute Gasteiger partial charge is 0.365 e. The smallest absolute Gasteiger partial charge is 0.271 e. The third kappa shape index (κ3) is 3.70. The van der Waals surface area contributed by atoms with Gasteiger partial charge in [0.15, 0.2) is 0 Å². The zero-order valence-electron chi connectivity index (χ0n) is 11.3. The van der Waals surface area contributed by atoms with E-state index in [-0.39, 0.29) is 5.91 Å². The van der Waals surface area contributed by atoms with Crippen LogP contribution in [0.3, 0.4) is 0 Å². The third-order valence-electron chi connectivity index (χ3n) is 3.21. The lowest BCUT2D eigenvalue weighted by Crippen LogP contribution is -2.26. The predicted octanol–water partition coefficient (Wildman–Crippen LogP) is 2.63. The van der Waals surface area contributed by atoms with E-state index >= 15 is 0 Å². The first-order valence-corrected chi connectivity index (χ1v) is 7.20. The van der Waals surface area contributed by atoms with Gasteiger partial charge in [0.25, 0.3) is 5.91 Å². The summed E-state index contributed by atoms with van der Waals surface area (Å²) in [5.74, 6) is 0.445. The van der Waals surface area contributed by atoms with Crippen molar-refractivity contribution in [1.82, 2.24) is 15.3 Å². The van der Waals surface area contributed by atoms with E-state index in [1.165, 1.54) is 6.20 Å². The highest BCUT2D eigenvalue weighted by molar-refractivity contribution is 6.31. The maximum Gasteiger partial charge on any atom is 0.271 e. The van der Waals surface area contributed by atoms with Crippen LogP contribution in [0.2, 0.25) is 5.02 Å². The van der Waals surface area contributed by atoms with Crippen molar-refractivity contribution in [2.24, 2.45) is 0 Å². The predicted molar refractivity (Wildman–Crippen MR) is 81.3 cm³/mol. The van der Waals surface area contributed by atoms with Gasteiger partial charge < -0.3 is 10.6 Å². The number of carbonyl (C=O) groups excluding carboxylic acids is 1. The molecule has 0 radical (unpaired) electrons. The Hall–Kier alpha value is -2.14. The molecule has 0 bridgehead atoms. The molecule has 21 heavy (non-hydrogen) atoms. The molecule has 0 spiro atoms. The lowest BCUT2D eigenvalue weighted by Gasteiger charge is -2.07. The first-order valence-electron chi connectivity index (χ1n) is 6.82. The van der Waals surface area contributed by atoms with Crippen molar-refractivity contribution < 1.29 is 4.79 Å². The minimum atomic E-state index is -0.164. The van der Waals surface area contributed by atoms with Crippen LogP contribution in [0.5, 0.6) is 0 Å². The van der Waals surface area contributed by atoms with Crippen LogP contribution in [0, 0.1) is 0 Å². The van der Waals surface area contributed by atoms with Crippen molar-refractivity contribution >= 4 is 23.3 Å². The Balaban J connectivity index is 1.59. The Bertz CT molecular complexity index is 640. The minimum Gasteiger partial charge on any atom is -0.365 e. The third-order valence-corrected chi connectivity index (χ3v) is 3.58. The summed E-state index contributed by atoms with van der Waals surface area (Å²) in [5, 5.41) is 6.71. The van der Waals surface area contributed by atoms with Crippen LogP contribution in [0.25, 0.3) is 0 Å². The average Bonchev–Trinajstić information content (AvgIpc) is 3.31. The van der Waals surface area contributed by atoms with E-state index in [1.807, 2.05) is 24.3 Å². The highest BCUT2D eigenvalue weighted by atomic mass is 35.5. The Labute approximate surface area is 127 Å². The summed E-state index contributed by atoms with van der Waals surface area (Å²) < 4.78 is 0. The normalized spacial score (nSPS) is 13.8. The molecule has 1 saturated carbocycles. The lowest BCUT2D eigenvalue weighted by atomic mass is 10.2. The zero-order valence-corrected chi connectivity index (χ0v) is 12.1. The number of hydrogen-bond acceptors (Lipinski definition) is 4. The molecule has 2 aromatic rings. The van der Waals surface area contributed by atoms with Crippen LogP contribution in [0.4, 0.5) is 5.82 Å².